The van der Waals surface area contributed by atoms with Crippen LogP contribution >= 0.6 is 24.0 Å². The maximum absolute atomic E-state index is 9.59. The molecule has 13 heavy (non-hydrogen) atoms. The van der Waals surface area contributed by atoms with Crippen molar-refractivity contribution in [3.8, 4) is 0 Å². The van der Waals surface area contributed by atoms with E-state index in [2.05, 4.69) is 4.98 Å². The molecule has 68 valence electrons. The summed E-state index contributed by atoms with van der Waals surface area (Å²) in [6.07, 6.45) is 1.15. The number of pyridine rings is 1. The van der Waals surface area contributed by atoms with Gasteiger partial charge < -0.3 is 5.11 Å². The number of thioether (sulfide) groups is 1. The quantitative estimate of drug-likeness (QED) is 0.709. The van der Waals surface area contributed by atoms with Gasteiger partial charge in [-0.1, -0.05) is 30.0 Å². The molecule has 1 saturated heterocycles. The topological polar surface area (TPSA) is 36.4 Å². The Labute approximate surface area is 85.8 Å². The highest BCUT2D eigenvalue weighted by atomic mass is 32.2. The standard InChI is InChI=1S/C8H8N2OS2/c11-7-5-13-8(12)10(7)6-3-1-2-4-9-6/h1-4,7,11H,5H2. The smallest absolute Gasteiger partial charge is 0.144 e. The number of nitrogens with zero attached hydrogens (tertiary/aromatic N) is 2. The van der Waals surface area contributed by atoms with Crippen molar-refractivity contribution in [2.45, 2.75) is 6.23 Å². The highest BCUT2D eigenvalue weighted by Gasteiger charge is 2.28. The second-order valence-electron chi connectivity index (χ2n) is 2.62. The van der Waals surface area contributed by atoms with Gasteiger partial charge in [-0.3, -0.25) is 4.90 Å². The minimum Gasteiger partial charge on any atom is -0.372 e. The molecule has 0 aromatic carbocycles. The van der Waals surface area contributed by atoms with Crippen molar-refractivity contribution in [2.75, 3.05) is 10.7 Å². The summed E-state index contributed by atoms with van der Waals surface area (Å²) in [5, 5.41) is 9.59. The third-order valence-electron chi connectivity index (χ3n) is 1.75. The van der Waals surface area contributed by atoms with Crippen molar-refractivity contribution in [1.29, 1.82) is 0 Å². The zero-order valence-electron chi connectivity index (χ0n) is 6.75. The van der Waals surface area contributed by atoms with Crippen molar-refractivity contribution in [2.24, 2.45) is 0 Å². The molecule has 1 atom stereocenters. The summed E-state index contributed by atoms with van der Waals surface area (Å²) in [6.45, 7) is 0. The Balaban J connectivity index is 2.30. The largest absolute Gasteiger partial charge is 0.372 e. The summed E-state index contributed by atoms with van der Waals surface area (Å²) in [4.78, 5) is 5.79. The Hall–Kier alpha value is -0.650. The first-order valence-electron chi connectivity index (χ1n) is 3.84. The molecule has 1 aliphatic rings. The lowest BCUT2D eigenvalue weighted by atomic mass is 10.4. The first-order valence-corrected chi connectivity index (χ1v) is 5.23. The molecule has 1 N–H and O–H groups in total. The first kappa shape index (κ1) is 8.93. The van der Waals surface area contributed by atoms with E-state index in [1.54, 1.807) is 11.1 Å². The van der Waals surface area contributed by atoms with Crippen LogP contribution in [0.4, 0.5) is 5.82 Å². The van der Waals surface area contributed by atoms with Gasteiger partial charge >= 0.3 is 0 Å². The fraction of sp³-hybridized carbons (Fsp3) is 0.250. The summed E-state index contributed by atoms with van der Waals surface area (Å²) in [5.41, 5.74) is 0. The highest BCUT2D eigenvalue weighted by Crippen LogP contribution is 2.27. The van der Waals surface area contributed by atoms with Crippen LogP contribution in [0.25, 0.3) is 0 Å². The van der Waals surface area contributed by atoms with Crippen LogP contribution in [-0.2, 0) is 0 Å². The van der Waals surface area contributed by atoms with Crippen molar-refractivity contribution >= 4 is 34.1 Å². The SMILES string of the molecule is OC1CSC(=S)N1c1ccccn1. The zero-order chi connectivity index (χ0) is 9.26. The normalized spacial score (nSPS) is 22.4. The van der Waals surface area contributed by atoms with Crippen LogP contribution in [0, 0.1) is 0 Å². The summed E-state index contributed by atoms with van der Waals surface area (Å²) in [7, 11) is 0. The minimum absolute atomic E-state index is 0.535. The maximum Gasteiger partial charge on any atom is 0.144 e. The fourth-order valence-electron chi connectivity index (χ4n) is 1.15. The molecule has 1 aromatic rings. The number of aliphatic hydroxyl groups is 1. The molecule has 3 nitrogen and oxygen atoms in total. The van der Waals surface area contributed by atoms with E-state index in [-0.39, 0.29) is 0 Å². The molecule has 1 aliphatic heterocycles. The van der Waals surface area contributed by atoms with E-state index in [4.69, 9.17) is 12.2 Å². The zero-order valence-corrected chi connectivity index (χ0v) is 8.38. The van der Waals surface area contributed by atoms with Gasteiger partial charge in [-0.2, -0.15) is 0 Å². The second kappa shape index (κ2) is 3.61. The van der Waals surface area contributed by atoms with Crippen molar-refractivity contribution in [3.05, 3.63) is 24.4 Å². The van der Waals surface area contributed by atoms with Gasteiger partial charge in [-0.15, -0.1) is 0 Å². The van der Waals surface area contributed by atoms with Gasteiger partial charge in [-0.05, 0) is 12.1 Å². The van der Waals surface area contributed by atoms with Crippen LogP contribution in [-0.4, -0.2) is 26.4 Å². The third kappa shape index (κ3) is 1.67. The van der Waals surface area contributed by atoms with Crippen molar-refractivity contribution in [1.82, 2.24) is 4.98 Å². The minimum atomic E-state index is -0.535. The van der Waals surface area contributed by atoms with Crippen LogP contribution in [0.1, 0.15) is 0 Å². The molecule has 1 fully saturated rings. The molecule has 0 aliphatic carbocycles. The lowest BCUT2D eigenvalue weighted by Crippen LogP contribution is -2.33. The summed E-state index contributed by atoms with van der Waals surface area (Å²) < 4.78 is 0.686. The number of aromatic nitrogens is 1. The van der Waals surface area contributed by atoms with Crippen LogP contribution < -0.4 is 4.90 Å². The number of rotatable bonds is 1. The van der Waals surface area contributed by atoms with E-state index < -0.39 is 6.23 Å². The second-order valence-corrected chi connectivity index (χ2v) is 4.27. The van der Waals surface area contributed by atoms with E-state index in [0.29, 0.717) is 15.9 Å². The molecule has 0 saturated carbocycles. The van der Waals surface area contributed by atoms with Gasteiger partial charge in [0.2, 0.25) is 0 Å². The first-order chi connectivity index (χ1) is 6.29. The Kier molecular flexibility index (Phi) is 2.48. The molecule has 2 heterocycles. The lowest BCUT2D eigenvalue weighted by molar-refractivity contribution is 0.213. The molecule has 0 spiro atoms. The number of anilines is 1. The monoisotopic (exact) mass is 212 g/mol. The van der Waals surface area contributed by atoms with Crippen molar-refractivity contribution in [3.63, 3.8) is 0 Å². The van der Waals surface area contributed by atoms with Crippen LogP contribution in [0.5, 0.6) is 0 Å². The summed E-state index contributed by atoms with van der Waals surface area (Å²) in [6, 6.07) is 5.55. The van der Waals surface area contributed by atoms with Crippen LogP contribution in [0.3, 0.4) is 0 Å². The third-order valence-corrected chi connectivity index (χ3v) is 3.21. The molecule has 1 unspecified atom stereocenters. The van der Waals surface area contributed by atoms with Crippen LogP contribution in [0.15, 0.2) is 24.4 Å². The predicted octanol–water partition coefficient (Wildman–Crippen LogP) is 1.24. The molecule has 0 amide bonds. The fourth-order valence-corrected chi connectivity index (χ4v) is 2.37. The average Bonchev–Trinajstić information content (AvgIpc) is 2.48. The van der Waals surface area contributed by atoms with E-state index >= 15 is 0 Å². The number of thiocarbonyl (C=S) groups is 1. The molecule has 2 rings (SSSR count). The van der Waals surface area contributed by atoms with Gasteiger partial charge in [0.15, 0.2) is 0 Å². The van der Waals surface area contributed by atoms with E-state index in [0.717, 1.165) is 0 Å². The Morgan fingerprint density at radius 3 is 3.00 bits per heavy atom. The number of hydrogen-bond donors (Lipinski definition) is 1. The Bertz CT molecular complexity index is 317. The number of aliphatic hydroxyl groups excluding tert-OH is 1. The predicted molar refractivity (Wildman–Crippen MR) is 57.8 cm³/mol. The highest BCUT2D eigenvalue weighted by molar-refractivity contribution is 8.23. The molecule has 1 aromatic heterocycles. The molecular weight excluding hydrogens is 204 g/mol. The number of hydrogen-bond acceptors (Lipinski definition) is 4. The van der Waals surface area contributed by atoms with Gasteiger partial charge in [-0.25, -0.2) is 4.98 Å². The summed E-state index contributed by atoms with van der Waals surface area (Å²) >= 11 is 6.56. The van der Waals surface area contributed by atoms with Gasteiger partial charge in [0.25, 0.3) is 0 Å². The van der Waals surface area contributed by atoms with E-state index in [9.17, 15) is 5.11 Å². The Morgan fingerprint density at radius 2 is 2.46 bits per heavy atom. The van der Waals surface area contributed by atoms with Crippen molar-refractivity contribution < 1.29 is 5.11 Å². The maximum atomic E-state index is 9.59. The molecule has 5 heteroatoms. The van der Waals surface area contributed by atoms with Gasteiger partial charge in [0.1, 0.15) is 16.4 Å². The van der Waals surface area contributed by atoms with Gasteiger partial charge in [0.05, 0.1) is 0 Å². The Morgan fingerprint density at radius 1 is 1.62 bits per heavy atom. The van der Waals surface area contributed by atoms with Gasteiger partial charge in [0, 0.05) is 11.9 Å². The van der Waals surface area contributed by atoms with Crippen LogP contribution in [0.2, 0.25) is 0 Å². The van der Waals surface area contributed by atoms with E-state index in [1.807, 2.05) is 18.2 Å². The molecular formula is C8H8N2OS2. The van der Waals surface area contributed by atoms with E-state index in [1.165, 1.54) is 11.8 Å². The molecule has 0 bridgehead atoms. The summed E-state index contributed by atoms with van der Waals surface area (Å²) in [5.74, 6) is 1.33. The lowest BCUT2D eigenvalue weighted by Gasteiger charge is -2.19. The average molecular weight is 212 g/mol. The molecule has 0 radical (unpaired) electrons.